The van der Waals surface area contributed by atoms with Gasteiger partial charge in [-0.1, -0.05) is 12.2 Å². The van der Waals surface area contributed by atoms with Crippen LogP contribution in [-0.4, -0.2) is 29.9 Å². The van der Waals surface area contributed by atoms with Gasteiger partial charge in [-0.2, -0.15) is 35.1 Å². The summed E-state index contributed by atoms with van der Waals surface area (Å²) in [7, 11) is 0. The minimum Gasteiger partial charge on any atom is -0.240 e. The third-order valence-corrected chi connectivity index (χ3v) is 2.79. The maximum absolute atomic E-state index is 13.1. The number of hydrogen-bond donors (Lipinski definition) is 0. The molecular weight excluding hydrogens is 279 g/mol. The van der Waals surface area contributed by atoms with Crippen LogP contribution in [0.25, 0.3) is 0 Å². The van der Waals surface area contributed by atoms with Crippen LogP contribution in [0.2, 0.25) is 0 Å². The van der Waals surface area contributed by atoms with Gasteiger partial charge in [0.1, 0.15) is 0 Å². The largest absolute Gasteiger partial charge is 0.381 e. The average molecular weight is 286 g/mol. The summed E-state index contributed by atoms with van der Waals surface area (Å²) >= 11 is 0. The molecule has 0 radical (unpaired) electrons. The first-order chi connectivity index (χ1) is 7.73. The molecule has 18 heavy (non-hydrogen) atoms. The summed E-state index contributed by atoms with van der Waals surface area (Å²) in [6.07, 6.45) is -4.15. The van der Waals surface area contributed by atoms with Crippen LogP contribution in [0.5, 0.6) is 0 Å². The van der Waals surface area contributed by atoms with Crippen molar-refractivity contribution < 1.29 is 39.5 Å². The molecule has 9 heteroatoms. The predicted octanol–water partition coefficient (Wildman–Crippen LogP) is 4.07. The maximum atomic E-state index is 13.1. The van der Waals surface area contributed by atoms with Crippen molar-refractivity contribution in [3.8, 4) is 0 Å². The number of hydrogen-bond acceptors (Lipinski definition) is 0. The molecule has 0 aromatic carbocycles. The Morgan fingerprint density at radius 1 is 0.833 bits per heavy atom. The number of alkyl halides is 9. The summed E-state index contributed by atoms with van der Waals surface area (Å²) in [4.78, 5) is 0. The lowest BCUT2D eigenvalue weighted by Crippen LogP contribution is -2.74. The first kappa shape index (κ1) is 15.2. The van der Waals surface area contributed by atoms with Gasteiger partial charge in [-0.3, -0.25) is 0 Å². The van der Waals surface area contributed by atoms with Gasteiger partial charge in [-0.05, 0) is 6.92 Å². The molecule has 2 atom stereocenters. The van der Waals surface area contributed by atoms with Gasteiger partial charge in [0, 0.05) is 0 Å². The lowest BCUT2D eigenvalue weighted by molar-refractivity contribution is -0.418. The number of halogens is 9. The van der Waals surface area contributed by atoms with Gasteiger partial charge in [0.25, 0.3) is 0 Å². The van der Waals surface area contributed by atoms with Crippen LogP contribution in [0.4, 0.5) is 39.5 Å². The Morgan fingerprint density at radius 3 is 1.50 bits per heavy atom. The summed E-state index contributed by atoms with van der Waals surface area (Å²) in [5.41, 5.74) is -1.07. The van der Waals surface area contributed by atoms with Crippen LogP contribution in [0.3, 0.4) is 0 Å². The molecule has 106 valence electrons. The molecule has 2 unspecified atom stereocenters. The van der Waals surface area contributed by atoms with Crippen LogP contribution < -0.4 is 0 Å². The van der Waals surface area contributed by atoms with Gasteiger partial charge in [0.05, 0.1) is 5.92 Å². The number of allylic oxidation sites excluding steroid dienone is 1. The topological polar surface area (TPSA) is 0 Å². The molecule has 1 aliphatic rings. The third kappa shape index (κ3) is 1.41. The van der Waals surface area contributed by atoms with E-state index in [0.717, 1.165) is 0 Å². The van der Waals surface area contributed by atoms with Crippen LogP contribution in [-0.2, 0) is 0 Å². The molecule has 1 aliphatic carbocycles. The first-order valence-corrected chi connectivity index (χ1v) is 4.53. The van der Waals surface area contributed by atoms with Crippen molar-refractivity contribution in [2.75, 3.05) is 0 Å². The molecule has 0 aliphatic heterocycles. The van der Waals surface area contributed by atoms with E-state index >= 15 is 0 Å². The van der Waals surface area contributed by atoms with Crippen molar-refractivity contribution in [2.24, 2.45) is 5.92 Å². The highest BCUT2D eigenvalue weighted by Gasteiger charge is 2.89. The van der Waals surface area contributed by atoms with Gasteiger partial charge in [0.15, 0.2) is 6.17 Å². The molecule has 0 nitrogen and oxygen atoms in total. The molecule has 0 aromatic rings. The Bertz CT molecular complexity index is 370. The van der Waals surface area contributed by atoms with E-state index in [4.69, 9.17) is 0 Å². The van der Waals surface area contributed by atoms with E-state index in [1.807, 2.05) is 0 Å². The molecule has 0 heterocycles. The summed E-state index contributed by atoms with van der Waals surface area (Å²) in [5.74, 6) is -27.8. The fourth-order valence-corrected chi connectivity index (χ4v) is 1.74. The molecular formula is C9H7F9. The monoisotopic (exact) mass is 286 g/mol. The summed E-state index contributed by atoms with van der Waals surface area (Å²) in [6.45, 7) is 3.26. The Labute approximate surface area is 95.5 Å². The second-order valence-corrected chi connectivity index (χ2v) is 4.12. The van der Waals surface area contributed by atoms with E-state index in [1.165, 1.54) is 0 Å². The minimum atomic E-state index is -6.49. The van der Waals surface area contributed by atoms with Crippen LogP contribution in [0.15, 0.2) is 12.2 Å². The van der Waals surface area contributed by atoms with E-state index < -0.39 is 41.4 Å². The summed E-state index contributed by atoms with van der Waals surface area (Å²) in [6, 6.07) is 0. The minimum absolute atomic E-state index is 0.584. The van der Waals surface area contributed by atoms with Gasteiger partial charge in [0.2, 0.25) is 0 Å². The number of rotatable bonds is 1. The third-order valence-electron chi connectivity index (χ3n) is 2.79. The first-order valence-electron chi connectivity index (χ1n) is 4.53. The fourth-order valence-electron chi connectivity index (χ4n) is 1.74. The average Bonchev–Trinajstić information content (AvgIpc) is 2.14. The van der Waals surface area contributed by atoms with E-state index in [9.17, 15) is 39.5 Å². The highest BCUT2D eigenvalue weighted by atomic mass is 19.4. The molecule has 0 aromatic heterocycles. The molecule has 1 rings (SSSR count). The molecule has 1 fully saturated rings. The summed E-state index contributed by atoms with van der Waals surface area (Å²) < 4.78 is 116. The van der Waals surface area contributed by atoms with E-state index in [0.29, 0.717) is 6.92 Å². The SMILES string of the molecule is C=C(C)C1C(F)C(F)(F)C(F)(F)C(F)(F)C1(F)F. The smallest absolute Gasteiger partial charge is 0.240 e. The zero-order chi connectivity index (χ0) is 14.7. The Morgan fingerprint density at radius 2 is 1.17 bits per heavy atom. The van der Waals surface area contributed by atoms with E-state index in [-0.39, 0.29) is 0 Å². The van der Waals surface area contributed by atoms with Gasteiger partial charge < -0.3 is 0 Å². The van der Waals surface area contributed by atoms with Crippen molar-refractivity contribution in [3.05, 3.63) is 12.2 Å². The van der Waals surface area contributed by atoms with Gasteiger partial charge >= 0.3 is 23.7 Å². The highest BCUT2D eigenvalue weighted by Crippen LogP contribution is 2.63. The Balaban J connectivity index is 3.54. The maximum Gasteiger partial charge on any atom is 0.381 e. The lowest BCUT2D eigenvalue weighted by atomic mass is 9.73. The second-order valence-electron chi connectivity index (χ2n) is 4.12. The molecule has 0 amide bonds. The van der Waals surface area contributed by atoms with E-state index in [2.05, 4.69) is 6.58 Å². The van der Waals surface area contributed by atoms with Crippen molar-refractivity contribution in [1.29, 1.82) is 0 Å². The molecule has 0 N–H and O–H groups in total. The Kier molecular flexibility index (Phi) is 3.01. The lowest BCUT2D eigenvalue weighted by Gasteiger charge is -2.47. The highest BCUT2D eigenvalue weighted by molar-refractivity contribution is 5.22. The van der Waals surface area contributed by atoms with Crippen molar-refractivity contribution in [1.82, 2.24) is 0 Å². The molecule has 0 bridgehead atoms. The normalized spacial score (nSPS) is 36.1. The Hall–Kier alpha value is -0.890. The second kappa shape index (κ2) is 3.57. The fraction of sp³-hybridized carbons (Fsp3) is 0.778. The van der Waals surface area contributed by atoms with Crippen LogP contribution >= 0.6 is 0 Å². The van der Waals surface area contributed by atoms with Crippen molar-refractivity contribution in [2.45, 2.75) is 36.8 Å². The van der Waals surface area contributed by atoms with Crippen LogP contribution in [0, 0.1) is 5.92 Å². The zero-order valence-electron chi connectivity index (χ0n) is 8.76. The molecule has 0 saturated heterocycles. The van der Waals surface area contributed by atoms with Gasteiger partial charge in [-0.15, -0.1) is 0 Å². The van der Waals surface area contributed by atoms with E-state index in [1.54, 1.807) is 0 Å². The predicted molar refractivity (Wildman–Crippen MR) is 43.0 cm³/mol. The summed E-state index contributed by atoms with van der Waals surface area (Å²) in [5, 5.41) is 0. The molecule has 0 spiro atoms. The van der Waals surface area contributed by atoms with Crippen molar-refractivity contribution >= 4 is 0 Å². The standard InChI is InChI=1S/C9H7F9/c1-3(2)4-5(10)7(13,14)9(17,18)8(15,16)6(4,11)12/h4-5H,1H2,2H3. The van der Waals surface area contributed by atoms with Gasteiger partial charge in [-0.25, -0.2) is 4.39 Å². The quantitative estimate of drug-likeness (QED) is 0.503. The van der Waals surface area contributed by atoms with Crippen LogP contribution in [0.1, 0.15) is 6.92 Å². The molecule has 1 saturated carbocycles. The van der Waals surface area contributed by atoms with Crippen molar-refractivity contribution in [3.63, 3.8) is 0 Å². The zero-order valence-corrected chi connectivity index (χ0v) is 8.76.